The monoisotopic (exact) mass is 318 g/mol. The maximum absolute atomic E-state index is 11.9. The van der Waals surface area contributed by atoms with Crippen molar-refractivity contribution in [3.8, 4) is 0 Å². The first-order valence-corrected chi connectivity index (χ1v) is 6.85. The summed E-state index contributed by atoms with van der Waals surface area (Å²) >= 11 is 0. The van der Waals surface area contributed by atoms with E-state index in [1.807, 2.05) is 0 Å². The van der Waals surface area contributed by atoms with Gasteiger partial charge in [0, 0.05) is 17.5 Å². The normalized spacial score (nSPS) is 14.2. The average molecular weight is 318 g/mol. The third-order valence-corrected chi connectivity index (χ3v) is 2.01. The second-order valence-electron chi connectivity index (χ2n) is 5.21. The van der Waals surface area contributed by atoms with Gasteiger partial charge in [0.2, 0.25) is 11.9 Å². The van der Waals surface area contributed by atoms with Crippen molar-refractivity contribution < 1.29 is 28.0 Å². The lowest BCUT2D eigenvalue weighted by Gasteiger charge is -2.22. The van der Waals surface area contributed by atoms with E-state index in [4.69, 9.17) is 13.6 Å². The molecule has 126 valence electrons. The van der Waals surface area contributed by atoms with Crippen LogP contribution in [-0.2, 0) is 19.1 Å². The molecule has 0 aliphatic rings. The Bertz CT molecular complexity index is 527. The summed E-state index contributed by atoms with van der Waals surface area (Å²) in [6.07, 6.45) is -1.08. The Hall–Kier alpha value is -2.12. The summed E-state index contributed by atoms with van der Waals surface area (Å²) in [7, 11) is 0. The van der Waals surface area contributed by atoms with E-state index < -0.39 is 43.1 Å². The predicted octanol–water partition coefficient (Wildman–Crippen LogP) is 1.30. The first kappa shape index (κ1) is 14.8. The first-order chi connectivity index (χ1) is 11.3. The van der Waals surface area contributed by atoms with Gasteiger partial charge in [0.05, 0.1) is 6.61 Å². The van der Waals surface area contributed by atoms with Gasteiger partial charge in [0.25, 0.3) is 0 Å². The number of rotatable bonds is 4. The molecule has 1 N–H and O–H groups in total. The van der Waals surface area contributed by atoms with Gasteiger partial charge >= 0.3 is 12.1 Å². The number of likely N-dealkylation sites (N-methyl/N-ethyl adjacent to an activating group) is 1. The molecule has 0 unspecified atom stereocenters. The van der Waals surface area contributed by atoms with Crippen LogP contribution in [0.4, 0.5) is 4.79 Å². The molecular weight excluding hydrogens is 290 g/mol. The number of amides is 2. The Balaban J connectivity index is 5.72. The molecule has 0 spiro atoms. The van der Waals surface area contributed by atoms with Crippen LogP contribution in [0.25, 0.3) is 0 Å². The van der Waals surface area contributed by atoms with Gasteiger partial charge in [-0.25, -0.2) is 4.79 Å². The summed E-state index contributed by atoms with van der Waals surface area (Å²) in [4.78, 5) is 39.2. The molecule has 22 heavy (non-hydrogen) atoms. The highest BCUT2D eigenvalue weighted by Crippen LogP contribution is 2.08. The highest BCUT2D eigenvalue weighted by molar-refractivity contribution is 6.01. The SMILES string of the molecule is [2H]C([2H])([2H])N(CC(=O)OCC)/C(=N\C(=O)OC(C)(C)C)NC(=O)CC. The van der Waals surface area contributed by atoms with Gasteiger partial charge in [-0.2, -0.15) is 0 Å². The lowest BCUT2D eigenvalue weighted by Crippen LogP contribution is -2.45. The van der Waals surface area contributed by atoms with Crippen molar-refractivity contribution >= 4 is 23.9 Å². The van der Waals surface area contributed by atoms with E-state index >= 15 is 0 Å². The zero-order valence-electron chi connectivity index (χ0n) is 16.6. The molecule has 0 saturated heterocycles. The minimum absolute atomic E-state index is 0.0155. The standard InChI is InChI=1S/C14H25N3O5/c1-7-10(18)15-12(16-13(20)22-14(3,4)5)17(6)9-11(19)21-8-2/h7-9H2,1-6H3,(H,15,16,18,20)/i6D3. The smallest absolute Gasteiger partial charge is 0.437 e. The van der Waals surface area contributed by atoms with E-state index in [0.717, 1.165) is 0 Å². The number of nitrogens with one attached hydrogen (secondary N) is 1. The molecule has 8 nitrogen and oxygen atoms in total. The first-order valence-electron chi connectivity index (χ1n) is 8.35. The van der Waals surface area contributed by atoms with E-state index in [2.05, 4.69) is 10.3 Å². The average Bonchev–Trinajstić information content (AvgIpc) is 2.40. The van der Waals surface area contributed by atoms with Crippen LogP contribution in [0.2, 0.25) is 0 Å². The maximum atomic E-state index is 11.9. The predicted molar refractivity (Wildman–Crippen MR) is 81.4 cm³/mol. The van der Waals surface area contributed by atoms with E-state index in [0.29, 0.717) is 4.90 Å². The van der Waals surface area contributed by atoms with Gasteiger partial charge in [0.1, 0.15) is 12.1 Å². The summed E-state index contributed by atoms with van der Waals surface area (Å²) in [6, 6.07) is 0. The zero-order chi connectivity index (χ0) is 19.8. The number of aliphatic imine (C=N–C) groups is 1. The van der Waals surface area contributed by atoms with Crippen molar-refractivity contribution in [1.29, 1.82) is 0 Å². The Kier molecular flexibility index (Phi) is 6.06. The third kappa shape index (κ3) is 8.93. The fourth-order valence-corrected chi connectivity index (χ4v) is 1.15. The van der Waals surface area contributed by atoms with Gasteiger partial charge in [-0.1, -0.05) is 6.92 Å². The van der Waals surface area contributed by atoms with Crippen LogP contribution in [0.5, 0.6) is 0 Å². The van der Waals surface area contributed by atoms with E-state index in [9.17, 15) is 14.4 Å². The number of hydrogen-bond acceptors (Lipinski definition) is 5. The largest absolute Gasteiger partial charge is 0.465 e. The quantitative estimate of drug-likeness (QED) is 0.477. The molecule has 0 radical (unpaired) electrons. The van der Waals surface area contributed by atoms with Crippen molar-refractivity contribution in [2.45, 2.75) is 46.6 Å². The number of ether oxygens (including phenoxy) is 2. The summed E-state index contributed by atoms with van der Waals surface area (Å²) < 4.78 is 32.3. The summed E-state index contributed by atoms with van der Waals surface area (Å²) in [5.41, 5.74) is -0.869. The van der Waals surface area contributed by atoms with Crippen LogP contribution >= 0.6 is 0 Å². The van der Waals surface area contributed by atoms with Crippen LogP contribution in [0.15, 0.2) is 4.99 Å². The molecule has 0 bridgehead atoms. The topological polar surface area (TPSA) is 97.3 Å². The lowest BCUT2D eigenvalue weighted by atomic mass is 10.2. The van der Waals surface area contributed by atoms with Crippen molar-refractivity contribution in [2.75, 3.05) is 20.1 Å². The molecule has 0 aliphatic heterocycles. The Morgan fingerprint density at radius 1 is 1.27 bits per heavy atom. The molecule has 0 aromatic heterocycles. The Morgan fingerprint density at radius 2 is 1.91 bits per heavy atom. The molecule has 0 saturated carbocycles. The van der Waals surface area contributed by atoms with Gasteiger partial charge in [-0.15, -0.1) is 4.99 Å². The molecule has 0 atom stereocenters. The number of carbonyl (C=O) groups is 3. The number of hydrogen-bond donors (Lipinski definition) is 1. The zero-order valence-corrected chi connectivity index (χ0v) is 13.6. The lowest BCUT2D eigenvalue weighted by molar-refractivity contribution is -0.143. The third-order valence-electron chi connectivity index (χ3n) is 2.01. The van der Waals surface area contributed by atoms with Crippen LogP contribution in [0.1, 0.15) is 45.2 Å². The van der Waals surface area contributed by atoms with Gasteiger partial charge in [-0.3, -0.25) is 14.9 Å². The Labute approximate surface area is 135 Å². The summed E-state index contributed by atoms with van der Waals surface area (Å²) in [5, 5.41) is 2.21. The molecule has 0 aromatic rings. The number of nitrogens with zero attached hydrogens (tertiary/aromatic N) is 2. The molecule has 0 heterocycles. The number of guanidine groups is 1. The molecule has 0 aliphatic carbocycles. The van der Waals surface area contributed by atoms with E-state index in [1.54, 1.807) is 27.7 Å². The fourth-order valence-electron chi connectivity index (χ4n) is 1.15. The van der Waals surface area contributed by atoms with Crippen molar-refractivity contribution in [3.05, 3.63) is 0 Å². The van der Waals surface area contributed by atoms with E-state index in [1.165, 1.54) is 6.92 Å². The molecule has 0 rings (SSSR count). The van der Waals surface area contributed by atoms with Crippen LogP contribution < -0.4 is 5.32 Å². The molecule has 2 amide bonds. The second-order valence-corrected chi connectivity index (χ2v) is 5.21. The van der Waals surface area contributed by atoms with Crippen molar-refractivity contribution in [1.82, 2.24) is 10.2 Å². The minimum Gasteiger partial charge on any atom is -0.465 e. The van der Waals surface area contributed by atoms with Crippen molar-refractivity contribution in [2.24, 2.45) is 4.99 Å². The van der Waals surface area contributed by atoms with Gasteiger partial charge in [0.15, 0.2) is 0 Å². The molecule has 8 heteroatoms. The number of esters is 1. The minimum atomic E-state index is -2.85. The molecule has 0 fully saturated rings. The molecule has 0 aromatic carbocycles. The van der Waals surface area contributed by atoms with Crippen LogP contribution in [-0.4, -0.2) is 54.6 Å². The molecular formula is C14H25N3O5. The van der Waals surface area contributed by atoms with Gasteiger partial charge in [-0.05, 0) is 27.7 Å². The fraction of sp³-hybridized carbons (Fsp3) is 0.714. The second kappa shape index (κ2) is 9.01. The summed E-state index contributed by atoms with van der Waals surface area (Å²) in [5.74, 6) is -2.03. The van der Waals surface area contributed by atoms with Crippen LogP contribution in [0.3, 0.4) is 0 Å². The Morgan fingerprint density at radius 3 is 2.36 bits per heavy atom. The highest BCUT2D eigenvalue weighted by atomic mass is 16.6. The number of carbonyl (C=O) groups excluding carboxylic acids is 3. The summed E-state index contributed by atoms with van der Waals surface area (Å²) in [6.45, 7) is 4.37. The van der Waals surface area contributed by atoms with Crippen LogP contribution in [0, 0.1) is 0 Å². The van der Waals surface area contributed by atoms with E-state index in [-0.39, 0.29) is 13.0 Å². The van der Waals surface area contributed by atoms with Gasteiger partial charge < -0.3 is 14.4 Å². The maximum Gasteiger partial charge on any atom is 0.437 e. The highest BCUT2D eigenvalue weighted by Gasteiger charge is 2.19. The van der Waals surface area contributed by atoms with Crippen molar-refractivity contribution in [3.63, 3.8) is 0 Å².